The molecule has 29 heavy (non-hydrogen) atoms. The quantitative estimate of drug-likeness (QED) is 0.706. The predicted molar refractivity (Wildman–Crippen MR) is 104 cm³/mol. The Kier molecular flexibility index (Phi) is 5.59. The minimum atomic E-state index is -0.454. The number of rotatable bonds is 5. The van der Waals surface area contributed by atoms with Crippen LogP contribution in [0, 0.1) is 17.1 Å². The van der Waals surface area contributed by atoms with Crippen LogP contribution in [0.1, 0.15) is 18.4 Å². The smallest absolute Gasteiger partial charge is 0.227 e. The van der Waals surface area contributed by atoms with Crippen molar-refractivity contribution in [2.24, 2.45) is 0 Å². The maximum atomic E-state index is 13.3. The highest BCUT2D eigenvalue weighted by Gasteiger charge is 2.17. The average Bonchev–Trinajstić information content (AvgIpc) is 2.75. The van der Waals surface area contributed by atoms with Gasteiger partial charge in [-0.1, -0.05) is 0 Å². The monoisotopic (exact) mass is 391 g/mol. The van der Waals surface area contributed by atoms with Gasteiger partial charge in [0.05, 0.1) is 42.6 Å². The molecule has 0 radical (unpaired) electrons. The first kappa shape index (κ1) is 18.8. The Morgan fingerprint density at radius 3 is 2.83 bits per heavy atom. The zero-order chi connectivity index (χ0) is 20.1. The minimum Gasteiger partial charge on any atom is -0.489 e. The maximum absolute atomic E-state index is 13.3. The van der Waals surface area contributed by atoms with Crippen LogP contribution in [0.25, 0.3) is 11.3 Å². The van der Waals surface area contributed by atoms with E-state index in [0.717, 1.165) is 24.6 Å². The second-order valence-electron chi connectivity index (χ2n) is 6.53. The number of nitrogens with one attached hydrogen (secondary N) is 1. The zero-order valence-electron chi connectivity index (χ0n) is 15.5. The normalized spacial score (nSPS) is 14.2. The van der Waals surface area contributed by atoms with E-state index >= 15 is 0 Å². The van der Waals surface area contributed by atoms with Gasteiger partial charge in [0.15, 0.2) is 0 Å². The van der Waals surface area contributed by atoms with E-state index in [2.05, 4.69) is 26.3 Å². The van der Waals surface area contributed by atoms with Crippen molar-refractivity contribution < 1.29 is 13.9 Å². The van der Waals surface area contributed by atoms with E-state index in [-0.39, 0.29) is 6.10 Å². The van der Waals surface area contributed by atoms with Crippen LogP contribution in [-0.2, 0) is 4.74 Å². The second-order valence-corrected chi connectivity index (χ2v) is 6.53. The molecule has 1 aliphatic rings. The minimum absolute atomic E-state index is 0.0523. The first-order valence-corrected chi connectivity index (χ1v) is 9.21. The van der Waals surface area contributed by atoms with Crippen molar-refractivity contribution >= 4 is 11.6 Å². The lowest BCUT2D eigenvalue weighted by Crippen LogP contribution is -2.26. The van der Waals surface area contributed by atoms with Crippen LogP contribution in [0.5, 0.6) is 5.75 Å². The molecule has 1 fully saturated rings. The molecule has 7 nitrogen and oxygen atoms in total. The van der Waals surface area contributed by atoms with E-state index in [0.29, 0.717) is 41.9 Å². The van der Waals surface area contributed by atoms with E-state index in [4.69, 9.17) is 9.47 Å². The number of anilines is 2. The number of benzene rings is 1. The van der Waals surface area contributed by atoms with Crippen molar-refractivity contribution in [2.45, 2.75) is 18.9 Å². The SMILES string of the molecule is N#Cc1cc(-c2ccnc(Nc3cncc(F)c3)n2)ccc1OC1CCOCC1. The summed E-state index contributed by atoms with van der Waals surface area (Å²) in [5.41, 5.74) is 2.26. The summed E-state index contributed by atoms with van der Waals surface area (Å²) >= 11 is 0. The van der Waals surface area contributed by atoms with Crippen LogP contribution in [-0.4, -0.2) is 34.3 Å². The molecule has 146 valence electrons. The molecule has 3 heterocycles. The number of hydrogen-bond donors (Lipinski definition) is 1. The molecule has 0 bridgehead atoms. The molecule has 3 aromatic rings. The van der Waals surface area contributed by atoms with Crippen LogP contribution in [0.4, 0.5) is 16.0 Å². The molecule has 1 N–H and O–H groups in total. The Morgan fingerprint density at radius 2 is 2.03 bits per heavy atom. The largest absolute Gasteiger partial charge is 0.489 e. The van der Waals surface area contributed by atoms with Crippen LogP contribution in [0.2, 0.25) is 0 Å². The molecule has 1 saturated heterocycles. The van der Waals surface area contributed by atoms with Crippen molar-refractivity contribution in [3.8, 4) is 23.1 Å². The Morgan fingerprint density at radius 1 is 1.17 bits per heavy atom. The number of nitrogens with zero attached hydrogens (tertiary/aromatic N) is 4. The third kappa shape index (κ3) is 4.65. The second kappa shape index (κ2) is 8.63. The number of ether oxygens (including phenoxy) is 2. The lowest BCUT2D eigenvalue weighted by molar-refractivity contribution is 0.0254. The number of halogens is 1. The Bertz CT molecular complexity index is 1050. The standard InChI is InChI=1S/C21H18FN5O2/c22-16-10-17(13-24-12-16)26-21-25-6-3-19(27-21)14-1-2-20(15(9-14)11-23)29-18-4-7-28-8-5-18/h1-3,6,9-10,12-13,18H,4-5,7-8H2,(H,25,26,27). The molecule has 4 rings (SSSR count). The fraction of sp³-hybridized carbons (Fsp3) is 0.238. The summed E-state index contributed by atoms with van der Waals surface area (Å²) in [5, 5.41) is 12.5. The van der Waals surface area contributed by atoms with E-state index in [9.17, 15) is 9.65 Å². The Labute approximate surface area is 167 Å². The molecule has 0 aliphatic carbocycles. The molecule has 0 amide bonds. The summed E-state index contributed by atoms with van der Waals surface area (Å²) in [5.74, 6) is 0.405. The van der Waals surface area contributed by atoms with E-state index in [1.54, 1.807) is 24.4 Å². The summed E-state index contributed by atoms with van der Waals surface area (Å²) < 4.78 is 24.6. The molecule has 1 aliphatic heterocycles. The van der Waals surface area contributed by atoms with Crippen LogP contribution < -0.4 is 10.1 Å². The number of nitriles is 1. The van der Waals surface area contributed by atoms with Crippen molar-refractivity contribution in [3.05, 3.63) is 60.3 Å². The molecule has 8 heteroatoms. The van der Waals surface area contributed by atoms with Gasteiger partial charge in [0.1, 0.15) is 23.7 Å². The molecule has 1 aromatic carbocycles. The summed E-state index contributed by atoms with van der Waals surface area (Å²) in [7, 11) is 0. The van der Waals surface area contributed by atoms with Gasteiger partial charge in [-0.05, 0) is 24.3 Å². The van der Waals surface area contributed by atoms with Gasteiger partial charge in [0.2, 0.25) is 5.95 Å². The number of aromatic nitrogens is 3. The van der Waals surface area contributed by atoms with Crippen LogP contribution in [0.15, 0.2) is 48.9 Å². The highest BCUT2D eigenvalue weighted by Crippen LogP contribution is 2.28. The molecular weight excluding hydrogens is 373 g/mol. The third-order valence-electron chi connectivity index (χ3n) is 4.47. The lowest BCUT2D eigenvalue weighted by atomic mass is 10.1. The molecule has 0 spiro atoms. The molecule has 0 saturated carbocycles. The predicted octanol–water partition coefficient (Wildman–Crippen LogP) is 3.85. The number of pyridine rings is 1. The highest BCUT2D eigenvalue weighted by molar-refractivity contribution is 5.65. The Hall–Kier alpha value is -3.57. The van der Waals surface area contributed by atoms with Crippen molar-refractivity contribution in [3.63, 3.8) is 0 Å². The van der Waals surface area contributed by atoms with Crippen LogP contribution in [0.3, 0.4) is 0 Å². The summed E-state index contributed by atoms with van der Waals surface area (Å²) in [4.78, 5) is 12.4. The van der Waals surface area contributed by atoms with E-state index in [1.807, 2.05) is 6.07 Å². The van der Waals surface area contributed by atoms with Gasteiger partial charge in [-0.15, -0.1) is 0 Å². The first-order valence-electron chi connectivity index (χ1n) is 9.21. The van der Waals surface area contributed by atoms with Crippen molar-refractivity contribution in [1.82, 2.24) is 15.0 Å². The highest BCUT2D eigenvalue weighted by atomic mass is 19.1. The van der Waals surface area contributed by atoms with Gasteiger partial charge in [-0.3, -0.25) is 4.98 Å². The summed E-state index contributed by atoms with van der Waals surface area (Å²) in [6.45, 7) is 1.34. The van der Waals surface area contributed by atoms with Gasteiger partial charge >= 0.3 is 0 Å². The van der Waals surface area contributed by atoms with Crippen molar-refractivity contribution in [2.75, 3.05) is 18.5 Å². The van der Waals surface area contributed by atoms with Gasteiger partial charge in [-0.25, -0.2) is 14.4 Å². The molecule has 0 atom stereocenters. The third-order valence-corrected chi connectivity index (χ3v) is 4.47. The van der Waals surface area contributed by atoms with Crippen molar-refractivity contribution in [1.29, 1.82) is 5.26 Å². The summed E-state index contributed by atoms with van der Waals surface area (Å²) in [6, 6.07) is 10.6. The van der Waals surface area contributed by atoms with E-state index < -0.39 is 5.82 Å². The van der Waals surface area contributed by atoms with Gasteiger partial charge in [0.25, 0.3) is 0 Å². The van der Waals surface area contributed by atoms with Gasteiger partial charge < -0.3 is 14.8 Å². The number of hydrogen-bond acceptors (Lipinski definition) is 7. The van der Waals surface area contributed by atoms with Gasteiger partial charge in [-0.2, -0.15) is 5.26 Å². The van der Waals surface area contributed by atoms with Gasteiger partial charge in [0, 0.05) is 30.7 Å². The Balaban J connectivity index is 1.55. The fourth-order valence-electron chi connectivity index (χ4n) is 3.04. The molecular formula is C21H18FN5O2. The average molecular weight is 391 g/mol. The summed E-state index contributed by atoms with van der Waals surface area (Å²) in [6.07, 6.45) is 5.86. The maximum Gasteiger partial charge on any atom is 0.227 e. The van der Waals surface area contributed by atoms with Crippen LogP contribution >= 0.6 is 0 Å². The first-order chi connectivity index (χ1) is 14.2. The topological polar surface area (TPSA) is 93.0 Å². The molecule has 0 unspecified atom stereocenters. The van der Waals surface area contributed by atoms with E-state index in [1.165, 1.54) is 12.3 Å². The fourth-order valence-corrected chi connectivity index (χ4v) is 3.04. The molecule has 2 aromatic heterocycles. The lowest BCUT2D eigenvalue weighted by Gasteiger charge is -2.23. The zero-order valence-corrected chi connectivity index (χ0v) is 15.5.